The number of esters is 1. The number of likely N-dealkylation sites (N-methyl/N-ethyl adjacent to an activating group) is 1. The van der Waals surface area contributed by atoms with Crippen molar-refractivity contribution in [3.8, 4) is 0 Å². The van der Waals surface area contributed by atoms with Crippen LogP contribution >= 0.6 is 0 Å². The Hall–Kier alpha value is -0.610. The molecule has 0 radical (unpaired) electrons. The average molecular weight is 303 g/mol. The van der Waals surface area contributed by atoms with Crippen LogP contribution in [0.15, 0.2) is 0 Å². The zero-order valence-electron chi connectivity index (χ0n) is 15.3. The van der Waals surface area contributed by atoms with Crippen molar-refractivity contribution in [3.05, 3.63) is 0 Å². The summed E-state index contributed by atoms with van der Waals surface area (Å²) in [7, 11) is 8.78. The van der Waals surface area contributed by atoms with Crippen molar-refractivity contribution < 1.29 is 18.5 Å². The van der Waals surface area contributed by atoms with E-state index < -0.39 is 0 Å². The minimum absolute atomic E-state index is 0.0480. The zero-order chi connectivity index (χ0) is 16.4. The molecular weight excluding hydrogens is 264 g/mol. The van der Waals surface area contributed by atoms with Crippen LogP contribution in [0, 0.1) is 0 Å². The molecule has 0 spiro atoms. The SMILES string of the molecule is CCCC[N+](C)(C)CCOC(=O)CC[N+](C)(C)CCCC. The Morgan fingerprint density at radius 1 is 0.810 bits per heavy atom. The Morgan fingerprint density at radius 2 is 1.29 bits per heavy atom. The smallest absolute Gasteiger partial charge is 0.311 e. The van der Waals surface area contributed by atoms with Crippen molar-refractivity contribution >= 4 is 5.97 Å². The van der Waals surface area contributed by atoms with Crippen molar-refractivity contribution in [2.75, 3.05) is 61.0 Å². The molecule has 0 saturated carbocycles. The summed E-state index contributed by atoms with van der Waals surface area (Å²) < 4.78 is 7.23. The number of nitrogens with zero attached hydrogens (tertiary/aromatic N) is 2. The molecule has 0 fully saturated rings. The summed E-state index contributed by atoms with van der Waals surface area (Å²) in [5.74, 6) is -0.0480. The third kappa shape index (κ3) is 11.7. The van der Waals surface area contributed by atoms with E-state index in [0.29, 0.717) is 13.0 Å². The van der Waals surface area contributed by atoms with Gasteiger partial charge in [-0.3, -0.25) is 4.79 Å². The Bertz CT molecular complexity index is 289. The number of unbranched alkanes of at least 4 members (excludes halogenated alkanes) is 2. The predicted molar refractivity (Wildman–Crippen MR) is 89.1 cm³/mol. The molecule has 126 valence electrons. The van der Waals surface area contributed by atoms with Gasteiger partial charge < -0.3 is 13.7 Å². The van der Waals surface area contributed by atoms with Crippen molar-refractivity contribution in [1.82, 2.24) is 0 Å². The van der Waals surface area contributed by atoms with Crippen LogP contribution in [0.2, 0.25) is 0 Å². The van der Waals surface area contributed by atoms with Gasteiger partial charge in [0, 0.05) is 0 Å². The Balaban J connectivity index is 3.85. The fourth-order valence-electron chi connectivity index (χ4n) is 2.27. The van der Waals surface area contributed by atoms with Gasteiger partial charge in [-0.25, -0.2) is 0 Å². The summed E-state index contributed by atoms with van der Waals surface area (Å²) in [5.41, 5.74) is 0. The summed E-state index contributed by atoms with van der Waals surface area (Å²) in [6.07, 6.45) is 5.39. The molecule has 0 aliphatic heterocycles. The number of carbonyl (C=O) groups excluding carboxylic acids is 1. The maximum absolute atomic E-state index is 11.8. The van der Waals surface area contributed by atoms with E-state index in [4.69, 9.17) is 4.74 Å². The molecular formula is C17H38N2O2+2. The summed E-state index contributed by atoms with van der Waals surface area (Å²) in [4.78, 5) is 11.8. The second-order valence-electron chi connectivity index (χ2n) is 7.44. The molecule has 4 heteroatoms. The van der Waals surface area contributed by atoms with Crippen LogP contribution in [-0.4, -0.2) is 75.9 Å². The first-order valence-electron chi connectivity index (χ1n) is 8.52. The normalized spacial score (nSPS) is 12.5. The van der Waals surface area contributed by atoms with Gasteiger partial charge >= 0.3 is 5.97 Å². The summed E-state index contributed by atoms with van der Waals surface area (Å²) in [6.45, 7) is 9.00. The molecule has 0 atom stereocenters. The van der Waals surface area contributed by atoms with Gasteiger partial charge in [0.05, 0.1) is 54.2 Å². The van der Waals surface area contributed by atoms with Crippen LogP contribution < -0.4 is 0 Å². The first-order chi connectivity index (χ1) is 9.72. The minimum atomic E-state index is -0.0480. The van der Waals surface area contributed by atoms with E-state index in [2.05, 4.69) is 42.0 Å². The highest BCUT2D eigenvalue weighted by Gasteiger charge is 2.18. The quantitative estimate of drug-likeness (QED) is 0.409. The Labute approximate surface area is 132 Å². The monoisotopic (exact) mass is 302 g/mol. The number of hydrogen-bond acceptors (Lipinski definition) is 2. The van der Waals surface area contributed by atoms with Crippen LogP contribution in [0.5, 0.6) is 0 Å². The highest BCUT2D eigenvalue weighted by Crippen LogP contribution is 2.05. The molecule has 0 unspecified atom stereocenters. The number of quaternary nitrogens is 2. The first kappa shape index (κ1) is 20.4. The van der Waals surface area contributed by atoms with Gasteiger partial charge in [-0.2, -0.15) is 0 Å². The zero-order valence-corrected chi connectivity index (χ0v) is 15.3. The molecule has 0 aliphatic carbocycles. The highest BCUT2D eigenvalue weighted by atomic mass is 16.5. The number of rotatable bonds is 12. The fraction of sp³-hybridized carbons (Fsp3) is 0.941. The van der Waals surface area contributed by atoms with Crippen LogP contribution in [0.4, 0.5) is 0 Å². The summed E-state index contributed by atoms with van der Waals surface area (Å²) in [6, 6.07) is 0. The molecule has 0 N–H and O–H groups in total. The molecule has 0 bridgehead atoms. The van der Waals surface area contributed by atoms with Crippen LogP contribution in [0.1, 0.15) is 46.0 Å². The largest absolute Gasteiger partial charge is 0.460 e. The van der Waals surface area contributed by atoms with Gasteiger partial charge in [0.25, 0.3) is 0 Å². The third-order valence-corrected chi connectivity index (χ3v) is 4.11. The van der Waals surface area contributed by atoms with E-state index >= 15 is 0 Å². The van der Waals surface area contributed by atoms with Crippen molar-refractivity contribution in [3.63, 3.8) is 0 Å². The standard InChI is InChI=1S/C17H38N2O2/c1-7-9-12-18(3,4)14-11-17(20)21-16-15-19(5,6)13-10-8-2/h7-16H2,1-6H3/q+2. The van der Waals surface area contributed by atoms with E-state index in [1.165, 1.54) is 25.7 Å². The van der Waals surface area contributed by atoms with Gasteiger partial charge in [0.2, 0.25) is 0 Å². The number of carbonyl (C=O) groups is 1. The van der Waals surface area contributed by atoms with Gasteiger partial charge in [0.15, 0.2) is 0 Å². The molecule has 0 amide bonds. The lowest BCUT2D eigenvalue weighted by molar-refractivity contribution is -0.891. The molecule has 21 heavy (non-hydrogen) atoms. The van der Waals surface area contributed by atoms with E-state index in [1.807, 2.05) is 0 Å². The number of hydrogen-bond donors (Lipinski definition) is 0. The molecule has 0 aromatic heterocycles. The predicted octanol–water partition coefficient (Wildman–Crippen LogP) is 2.67. The second kappa shape index (κ2) is 10.2. The van der Waals surface area contributed by atoms with Gasteiger partial charge in [-0.05, 0) is 12.8 Å². The maximum Gasteiger partial charge on any atom is 0.311 e. The van der Waals surface area contributed by atoms with E-state index in [1.54, 1.807) is 0 Å². The first-order valence-corrected chi connectivity index (χ1v) is 8.52. The molecule has 0 heterocycles. The Kier molecular flexibility index (Phi) is 9.88. The summed E-state index contributed by atoms with van der Waals surface area (Å²) >= 11 is 0. The second-order valence-corrected chi connectivity index (χ2v) is 7.44. The molecule has 0 aromatic rings. The fourth-order valence-corrected chi connectivity index (χ4v) is 2.27. The lowest BCUT2D eigenvalue weighted by Gasteiger charge is -2.30. The van der Waals surface area contributed by atoms with E-state index in [9.17, 15) is 4.79 Å². The van der Waals surface area contributed by atoms with Crippen molar-refractivity contribution in [2.45, 2.75) is 46.0 Å². The molecule has 0 aliphatic rings. The molecule has 0 rings (SSSR count). The summed E-state index contributed by atoms with van der Waals surface area (Å²) in [5, 5.41) is 0. The van der Waals surface area contributed by atoms with Gasteiger partial charge in [-0.1, -0.05) is 26.7 Å². The lowest BCUT2D eigenvalue weighted by Crippen LogP contribution is -2.44. The molecule has 4 nitrogen and oxygen atoms in total. The van der Waals surface area contributed by atoms with Crippen LogP contribution in [0.25, 0.3) is 0 Å². The van der Waals surface area contributed by atoms with Crippen molar-refractivity contribution in [2.24, 2.45) is 0 Å². The van der Waals surface area contributed by atoms with Gasteiger partial charge in [0.1, 0.15) is 13.2 Å². The Morgan fingerprint density at radius 3 is 1.76 bits per heavy atom. The van der Waals surface area contributed by atoms with Crippen molar-refractivity contribution in [1.29, 1.82) is 0 Å². The topological polar surface area (TPSA) is 26.3 Å². The minimum Gasteiger partial charge on any atom is -0.460 e. The average Bonchev–Trinajstić information content (AvgIpc) is 2.41. The lowest BCUT2D eigenvalue weighted by atomic mass is 10.2. The number of ether oxygens (including phenoxy) is 1. The van der Waals surface area contributed by atoms with E-state index in [0.717, 1.165) is 35.1 Å². The third-order valence-electron chi connectivity index (χ3n) is 4.11. The maximum atomic E-state index is 11.8. The molecule has 0 saturated heterocycles. The van der Waals surface area contributed by atoms with Crippen LogP contribution in [0.3, 0.4) is 0 Å². The van der Waals surface area contributed by atoms with E-state index in [-0.39, 0.29) is 5.97 Å². The molecule has 0 aromatic carbocycles. The highest BCUT2D eigenvalue weighted by molar-refractivity contribution is 5.69. The van der Waals surface area contributed by atoms with Gasteiger partial charge in [-0.15, -0.1) is 0 Å². The van der Waals surface area contributed by atoms with Crippen LogP contribution in [-0.2, 0) is 9.53 Å².